The molecule has 0 aromatic heterocycles. The molecule has 150 valence electrons. The molecular formula is C25H27NO3. The van der Waals surface area contributed by atoms with Crippen LogP contribution in [0.1, 0.15) is 28.8 Å². The number of Topliss-reactive ketones (excluding diaryl/α,β-unsaturated/α-hetero) is 1. The van der Waals surface area contributed by atoms with Crippen molar-refractivity contribution in [2.45, 2.75) is 19.4 Å². The zero-order valence-corrected chi connectivity index (χ0v) is 16.6. The lowest BCUT2D eigenvalue weighted by Crippen LogP contribution is -2.38. The van der Waals surface area contributed by atoms with Crippen LogP contribution in [0.15, 0.2) is 66.7 Å². The van der Waals surface area contributed by atoms with Gasteiger partial charge < -0.3 is 9.84 Å². The predicted molar refractivity (Wildman–Crippen MR) is 115 cm³/mol. The molecule has 1 saturated heterocycles. The molecule has 0 radical (unpaired) electrons. The first-order valence-corrected chi connectivity index (χ1v) is 10.3. The number of benzene rings is 3. The molecule has 3 aromatic carbocycles. The summed E-state index contributed by atoms with van der Waals surface area (Å²) in [5, 5.41) is 11.0. The van der Waals surface area contributed by atoms with Crippen molar-refractivity contribution in [2.75, 3.05) is 26.3 Å². The highest BCUT2D eigenvalue weighted by Gasteiger charge is 2.27. The monoisotopic (exact) mass is 389 g/mol. The predicted octanol–water partition coefficient (Wildman–Crippen LogP) is 4.31. The van der Waals surface area contributed by atoms with Crippen LogP contribution in [0.4, 0.5) is 0 Å². The zero-order chi connectivity index (χ0) is 20.1. The van der Waals surface area contributed by atoms with Gasteiger partial charge in [0.25, 0.3) is 0 Å². The van der Waals surface area contributed by atoms with E-state index in [1.807, 2.05) is 42.5 Å². The molecule has 0 aliphatic carbocycles. The summed E-state index contributed by atoms with van der Waals surface area (Å²) in [5.41, 5.74) is 2.06. The van der Waals surface area contributed by atoms with Crippen LogP contribution in [0.3, 0.4) is 0 Å². The number of ketones is 1. The van der Waals surface area contributed by atoms with Gasteiger partial charge in [0.15, 0.2) is 5.78 Å². The summed E-state index contributed by atoms with van der Waals surface area (Å²) in [7, 11) is 0. The third kappa shape index (κ3) is 4.66. The minimum Gasteiger partial charge on any atom is -0.491 e. The Hall–Kier alpha value is -2.69. The molecule has 1 N–H and O–H groups in total. The molecule has 4 rings (SSSR count). The third-order valence-corrected chi connectivity index (χ3v) is 5.62. The maximum absolute atomic E-state index is 13.3. The number of aliphatic hydroxyl groups is 1. The summed E-state index contributed by atoms with van der Waals surface area (Å²) in [5.74, 6) is 1.08. The van der Waals surface area contributed by atoms with E-state index >= 15 is 0 Å². The average molecular weight is 389 g/mol. The molecule has 0 spiro atoms. The summed E-state index contributed by atoms with van der Waals surface area (Å²) < 4.78 is 5.42. The van der Waals surface area contributed by atoms with E-state index in [1.165, 1.54) is 5.56 Å². The quantitative estimate of drug-likeness (QED) is 0.612. The Bertz CT molecular complexity index is 962. The maximum atomic E-state index is 13.3. The average Bonchev–Trinajstić information content (AvgIpc) is 2.78. The molecule has 0 amide bonds. The van der Waals surface area contributed by atoms with E-state index in [-0.39, 0.29) is 18.3 Å². The molecule has 1 fully saturated rings. The molecule has 1 heterocycles. The summed E-state index contributed by atoms with van der Waals surface area (Å²) >= 11 is 0. The number of rotatable bonds is 7. The largest absolute Gasteiger partial charge is 0.491 e. The maximum Gasteiger partial charge on any atom is 0.167 e. The molecule has 29 heavy (non-hydrogen) atoms. The zero-order valence-electron chi connectivity index (χ0n) is 16.6. The van der Waals surface area contributed by atoms with Crippen molar-refractivity contribution < 1.29 is 14.6 Å². The van der Waals surface area contributed by atoms with Crippen LogP contribution in [0.5, 0.6) is 5.75 Å². The van der Waals surface area contributed by atoms with Gasteiger partial charge >= 0.3 is 0 Å². The van der Waals surface area contributed by atoms with Crippen LogP contribution in [0.2, 0.25) is 0 Å². The minimum atomic E-state index is 0.0155. The number of ether oxygens (including phenoxy) is 1. The van der Waals surface area contributed by atoms with Gasteiger partial charge in [-0.1, -0.05) is 54.6 Å². The van der Waals surface area contributed by atoms with E-state index in [4.69, 9.17) is 9.84 Å². The molecule has 4 heteroatoms. The highest BCUT2D eigenvalue weighted by molar-refractivity contribution is 6.09. The topological polar surface area (TPSA) is 49.8 Å². The Morgan fingerprint density at radius 1 is 1.03 bits per heavy atom. The van der Waals surface area contributed by atoms with Crippen molar-refractivity contribution in [3.8, 4) is 5.75 Å². The van der Waals surface area contributed by atoms with Gasteiger partial charge in [0.05, 0.1) is 6.61 Å². The highest BCUT2D eigenvalue weighted by Crippen LogP contribution is 2.26. The molecule has 0 saturated carbocycles. The second kappa shape index (κ2) is 9.21. The van der Waals surface area contributed by atoms with Gasteiger partial charge in [0, 0.05) is 24.6 Å². The van der Waals surface area contributed by atoms with Gasteiger partial charge in [-0.15, -0.1) is 0 Å². The van der Waals surface area contributed by atoms with Gasteiger partial charge in [0.1, 0.15) is 12.4 Å². The van der Waals surface area contributed by atoms with E-state index < -0.39 is 0 Å². The van der Waals surface area contributed by atoms with Crippen LogP contribution in [-0.2, 0) is 6.54 Å². The lowest BCUT2D eigenvalue weighted by molar-refractivity contribution is 0.0813. The number of carbonyl (C=O) groups excluding carboxylic acids is 1. The highest BCUT2D eigenvalue weighted by atomic mass is 16.5. The Morgan fingerprint density at radius 3 is 2.66 bits per heavy atom. The molecule has 1 atom stereocenters. The molecule has 3 aromatic rings. The van der Waals surface area contributed by atoms with E-state index in [2.05, 4.69) is 29.2 Å². The Kier molecular flexibility index (Phi) is 6.23. The molecule has 0 bridgehead atoms. The van der Waals surface area contributed by atoms with Crippen LogP contribution < -0.4 is 4.74 Å². The SMILES string of the molecule is O=C(c1cccc2ccccc12)[C@@H]1CCCN(Cc2ccc(OCCO)cc2)C1. The Labute approximate surface area is 171 Å². The first-order chi connectivity index (χ1) is 14.2. The van der Waals surface area contributed by atoms with Gasteiger partial charge in [0.2, 0.25) is 0 Å². The fraction of sp³-hybridized carbons (Fsp3) is 0.320. The second-order valence-electron chi connectivity index (χ2n) is 7.68. The number of hydrogen-bond donors (Lipinski definition) is 1. The van der Waals surface area contributed by atoms with Crippen molar-refractivity contribution in [3.05, 3.63) is 77.9 Å². The number of likely N-dealkylation sites (tertiary alicyclic amines) is 1. The molecular weight excluding hydrogens is 362 g/mol. The standard InChI is InChI=1S/C25H27NO3/c27-15-16-29-22-12-10-19(11-13-22)17-26-14-4-7-21(18-26)25(28)24-9-3-6-20-5-1-2-8-23(20)24/h1-3,5-6,8-13,21,27H,4,7,14-18H2/t21-/m1/s1. The summed E-state index contributed by atoms with van der Waals surface area (Å²) in [6.45, 7) is 2.97. The molecule has 1 aliphatic heterocycles. The van der Waals surface area contributed by atoms with Crippen LogP contribution in [-0.4, -0.2) is 42.1 Å². The number of hydrogen-bond acceptors (Lipinski definition) is 4. The second-order valence-corrected chi connectivity index (χ2v) is 7.68. The van der Waals surface area contributed by atoms with Crippen LogP contribution in [0.25, 0.3) is 10.8 Å². The molecule has 1 aliphatic rings. The fourth-order valence-corrected chi connectivity index (χ4v) is 4.19. The van der Waals surface area contributed by atoms with Crippen LogP contribution in [0, 0.1) is 5.92 Å². The van der Waals surface area contributed by atoms with E-state index in [0.29, 0.717) is 6.61 Å². The lowest BCUT2D eigenvalue weighted by atomic mass is 9.88. The number of piperidine rings is 1. The van der Waals surface area contributed by atoms with E-state index in [1.54, 1.807) is 0 Å². The summed E-state index contributed by atoms with van der Waals surface area (Å²) in [6, 6.07) is 22.1. The minimum absolute atomic E-state index is 0.0155. The van der Waals surface area contributed by atoms with Crippen molar-refractivity contribution >= 4 is 16.6 Å². The van der Waals surface area contributed by atoms with Crippen LogP contribution >= 0.6 is 0 Å². The summed E-state index contributed by atoms with van der Waals surface area (Å²) in [4.78, 5) is 15.7. The number of aliphatic hydroxyl groups excluding tert-OH is 1. The first-order valence-electron chi connectivity index (χ1n) is 10.3. The first kappa shape index (κ1) is 19.6. The van der Waals surface area contributed by atoms with E-state index in [9.17, 15) is 4.79 Å². The van der Waals surface area contributed by atoms with Gasteiger partial charge in [-0.25, -0.2) is 0 Å². The lowest BCUT2D eigenvalue weighted by Gasteiger charge is -2.32. The van der Waals surface area contributed by atoms with E-state index in [0.717, 1.165) is 54.6 Å². The third-order valence-electron chi connectivity index (χ3n) is 5.62. The normalized spacial score (nSPS) is 17.3. The van der Waals surface area contributed by atoms with Gasteiger partial charge in [-0.2, -0.15) is 0 Å². The smallest absolute Gasteiger partial charge is 0.167 e. The number of fused-ring (bicyclic) bond motifs is 1. The molecule has 4 nitrogen and oxygen atoms in total. The van der Waals surface area contributed by atoms with Gasteiger partial charge in [-0.05, 0) is 47.9 Å². The Morgan fingerprint density at radius 2 is 1.83 bits per heavy atom. The Balaban J connectivity index is 1.43. The molecule has 0 unspecified atom stereocenters. The summed E-state index contributed by atoms with van der Waals surface area (Å²) in [6.07, 6.45) is 1.99. The van der Waals surface area contributed by atoms with Gasteiger partial charge in [-0.3, -0.25) is 9.69 Å². The van der Waals surface area contributed by atoms with Crippen molar-refractivity contribution in [1.29, 1.82) is 0 Å². The number of nitrogens with zero attached hydrogens (tertiary/aromatic N) is 1. The number of carbonyl (C=O) groups is 1. The fourth-order valence-electron chi connectivity index (χ4n) is 4.19. The van der Waals surface area contributed by atoms with Crippen molar-refractivity contribution in [2.24, 2.45) is 5.92 Å². The van der Waals surface area contributed by atoms with Crippen molar-refractivity contribution in [3.63, 3.8) is 0 Å². The van der Waals surface area contributed by atoms with Crippen molar-refractivity contribution in [1.82, 2.24) is 4.90 Å².